The van der Waals surface area contributed by atoms with Crippen molar-refractivity contribution in [1.29, 1.82) is 0 Å². The summed E-state index contributed by atoms with van der Waals surface area (Å²) < 4.78 is 27.5. The van der Waals surface area contributed by atoms with Gasteiger partial charge in [-0.2, -0.15) is 11.8 Å². The molecular weight excluding hydrogens is 304 g/mol. The Bertz CT molecular complexity index is 567. The molecule has 1 aliphatic heterocycles. The summed E-state index contributed by atoms with van der Waals surface area (Å²) in [7, 11) is -3.40. The number of thioether (sulfide) groups is 1. The van der Waals surface area contributed by atoms with Crippen LogP contribution in [0.4, 0.5) is 0 Å². The quantitative estimate of drug-likeness (QED) is 0.805. The predicted molar refractivity (Wildman–Crippen MR) is 89.2 cm³/mol. The van der Waals surface area contributed by atoms with E-state index in [0.29, 0.717) is 23.9 Å². The van der Waals surface area contributed by atoms with Crippen LogP contribution in [0.1, 0.15) is 24.5 Å². The second-order valence-electron chi connectivity index (χ2n) is 5.45. The summed E-state index contributed by atoms with van der Waals surface area (Å²) in [6, 6.07) is 5.35. The van der Waals surface area contributed by atoms with Crippen LogP contribution in [0.2, 0.25) is 0 Å². The van der Waals surface area contributed by atoms with Crippen molar-refractivity contribution in [3.8, 4) is 0 Å². The molecule has 0 saturated carbocycles. The average Bonchev–Trinajstić information content (AvgIpc) is 2.97. The lowest BCUT2D eigenvalue weighted by molar-refractivity contribution is 0.545. The van der Waals surface area contributed by atoms with E-state index in [4.69, 9.17) is 0 Å². The molecule has 0 amide bonds. The first kappa shape index (κ1) is 16.8. The van der Waals surface area contributed by atoms with E-state index >= 15 is 0 Å². The van der Waals surface area contributed by atoms with Gasteiger partial charge in [-0.1, -0.05) is 13.0 Å². The van der Waals surface area contributed by atoms with Gasteiger partial charge in [0.15, 0.2) is 0 Å². The molecule has 2 N–H and O–H groups in total. The molecule has 1 atom stereocenters. The average molecular weight is 329 g/mol. The van der Waals surface area contributed by atoms with Crippen molar-refractivity contribution in [3.05, 3.63) is 29.3 Å². The molecule has 0 aliphatic carbocycles. The molecule has 0 radical (unpaired) electrons. The fourth-order valence-electron chi connectivity index (χ4n) is 2.32. The molecule has 2 rings (SSSR count). The van der Waals surface area contributed by atoms with Crippen LogP contribution in [0.5, 0.6) is 0 Å². The van der Waals surface area contributed by atoms with Crippen molar-refractivity contribution >= 4 is 21.8 Å². The van der Waals surface area contributed by atoms with Gasteiger partial charge in [0, 0.05) is 13.1 Å². The van der Waals surface area contributed by atoms with Gasteiger partial charge in [-0.05, 0) is 60.6 Å². The largest absolute Gasteiger partial charge is 0.313 e. The Labute approximate surface area is 132 Å². The Morgan fingerprint density at radius 2 is 2.19 bits per heavy atom. The number of hydrogen-bond acceptors (Lipinski definition) is 4. The van der Waals surface area contributed by atoms with E-state index in [1.165, 1.54) is 0 Å². The summed E-state index contributed by atoms with van der Waals surface area (Å²) in [5.41, 5.74) is 2.15. The standard InChI is InChI=1S/C15H24N2O2S2/c1-3-16-10-14-8-15(5-4-12(14)2)21(18,19)17-9-13-6-7-20-11-13/h4-5,8,13,16-17H,3,6-7,9-11H2,1-2H3. The van der Waals surface area contributed by atoms with Crippen LogP contribution in [0, 0.1) is 12.8 Å². The maximum Gasteiger partial charge on any atom is 0.240 e. The number of nitrogens with one attached hydrogen (secondary N) is 2. The van der Waals surface area contributed by atoms with Crippen LogP contribution in [0.25, 0.3) is 0 Å². The third-order valence-electron chi connectivity index (χ3n) is 3.78. The van der Waals surface area contributed by atoms with Crippen molar-refractivity contribution in [2.75, 3.05) is 24.6 Å². The molecule has 1 heterocycles. The van der Waals surface area contributed by atoms with E-state index in [1.54, 1.807) is 12.1 Å². The SMILES string of the molecule is CCNCc1cc(S(=O)(=O)NCC2CCSC2)ccc1C. The number of hydrogen-bond donors (Lipinski definition) is 2. The molecule has 1 aromatic carbocycles. The van der Waals surface area contributed by atoms with Gasteiger partial charge in [-0.3, -0.25) is 0 Å². The van der Waals surface area contributed by atoms with Gasteiger partial charge in [0.2, 0.25) is 10.0 Å². The first-order chi connectivity index (χ1) is 10.0. The van der Waals surface area contributed by atoms with E-state index in [0.717, 1.165) is 35.6 Å². The van der Waals surface area contributed by atoms with Crippen LogP contribution in [-0.4, -0.2) is 33.0 Å². The zero-order valence-corrected chi connectivity index (χ0v) is 14.3. The normalized spacial score (nSPS) is 19.0. The topological polar surface area (TPSA) is 58.2 Å². The summed E-state index contributed by atoms with van der Waals surface area (Å²) in [4.78, 5) is 0.367. The Morgan fingerprint density at radius 1 is 1.38 bits per heavy atom. The third kappa shape index (κ3) is 4.71. The zero-order chi connectivity index (χ0) is 15.3. The molecule has 0 spiro atoms. The molecule has 1 aliphatic rings. The summed E-state index contributed by atoms with van der Waals surface area (Å²) >= 11 is 1.90. The minimum absolute atomic E-state index is 0.367. The molecule has 4 nitrogen and oxygen atoms in total. The Balaban J connectivity index is 2.07. The number of sulfonamides is 1. The Kier molecular flexibility index (Phi) is 6.10. The molecule has 1 fully saturated rings. The Morgan fingerprint density at radius 3 is 2.86 bits per heavy atom. The number of rotatable bonds is 7. The molecule has 1 aromatic rings. The maximum absolute atomic E-state index is 12.4. The van der Waals surface area contributed by atoms with Crippen LogP contribution in [0.3, 0.4) is 0 Å². The van der Waals surface area contributed by atoms with Crippen LogP contribution in [0.15, 0.2) is 23.1 Å². The van der Waals surface area contributed by atoms with Gasteiger partial charge < -0.3 is 5.32 Å². The fourth-order valence-corrected chi connectivity index (χ4v) is 4.77. The van der Waals surface area contributed by atoms with Gasteiger partial charge in [0.1, 0.15) is 0 Å². The lowest BCUT2D eigenvalue weighted by Crippen LogP contribution is -2.29. The van der Waals surface area contributed by atoms with Crippen LogP contribution < -0.4 is 10.0 Å². The Hall–Kier alpha value is -0.560. The third-order valence-corrected chi connectivity index (χ3v) is 6.44. The van der Waals surface area contributed by atoms with Gasteiger partial charge in [0.05, 0.1) is 4.90 Å². The second-order valence-corrected chi connectivity index (χ2v) is 8.37. The smallest absolute Gasteiger partial charge is 0.240 e. The van der Waals surface area contributed by atoms with Crippen molar-refractivity contribution in [1.82, 2.24) is 10.0 Å². The first-order valence-corrected chi connectivity index (χ1v) is 10.0. The minimum Gasteiger partial charge on any atom is -0.313 e. The lowest BCUT2D eigenvalue weighted by atomic mass is 10.1. The molecule has 21 heavy (non-hydrogen) atoms. The number of aryl methyl sites for hydroxylation is 1. The highest BCUT2D eigenvalue weighted by molar-refractivity contribution is 7.99. The minimum atomic E-state index is -3.40. The molecule has 0 bridgehead atoms. The van der Waals surface area contributed by atoms with Gasteiger partial charge >= 0.3 is 0 Å². The monoisotopic (exact) mass is 328 g/mol. The molecule has 0 aromatic heterocycles. The molecule has 118 valence electrons. The van der Waals surface area contributed by atoms with Crippen LogP contribution in [-0.2, 0) is 16.6 Å². The first-order valence-electron chi connectivity index (χ1n) is 7.40. The van der Waals surface area contributed by atoms with Crippen LogP contribution >= 0.6 is 11.8 Å². The predicted octanol–water partition coefficient (Wildman–Crippen LogP) is 2.14. The van der Waals surface area contributed by atoms with Gasteiger partial charge in [-0.15, -0.1) is 0 Å². The zero-order valence-electron chi connectivity index (χ0n) is 12.7. The maximum atomic E-state index is 12.4. The highest BCUT2D eigenvalue weighted by Gasteiger charge is 2.20. The van der Waals surface area contributed by atoms with E-state index in [9.17, 15) is 8.42 Å². The van der Waals surface area contributed by atoms with E-state index in [2.05, 4.69) is 10.0 Å². The van der Waals surface area contributed by atoms with E-state index in [-0.39, 0.29) is 0 Å². The number of benzene rings is 1. The molecule has 1 saturated heterocycles. The highest BCUT2D eigenvalue weighted by atomic mass is 32.2. The van der Waals surface area contributed by atoms with Crippen molar-refractivity contribution in [2.45, 2.75) is 31.7 Å². The van der Waals surface area contributed by atoms with E-state index < -0.39 is 10.0 Å². The lowest BCUT2D eigenvalue weighted by Gasteiger charge is -2.13. The molecule has 1 unspecified atom stereocenters. The highest BCUT2D eigenvalue weighted by Crippen LogP contribution is 2.23. The van der Waals surface area contributed by atoms with Crippen molar-refractivity contribution in [2.24, 2.45) is 5.92 Å². The summed E-state index contributed by atoms with van der Waals surface area (Å²) in [6.45, 7) is 6.16. The van der Waals surface area contributed by atoms with Gasteiger partial charge in [-0.25, -0.2) is 13.1 Å². The fraction of sp³-hybridized carbons (Fsp3) is 0.600. The van der Waals surface area contributed by atoms with Gasteiger partial charge in [0.25, 0.3) is 0 Å². The van der Waals surface area contributed by atoms with Crippen molar-refractivity contribution < 1.29 is 8.42 Å². The molecule has 6 heteroatoms. The second kappa shape index (κ2) is 7.63. The van der Waals surface area contributed by atoms with Crippen molar-refractivity contribution in [3.63, 3.8) is 0 Å². The summed E-state index contributed by atoms with van der Waals surface area (Å²) in [5, 5.41) is 3.24. The summed E-state index contributed by atoms with van der Waals surface area (Å²) in [5.74, 6) is 2.67. The molecular formula is C15H24N2O2S2. The van der Waals surface area contributed by atoms with E-state index in [1.807, 2.05) is 31.7 Å². The summed E-state index contributed by atoms with van der Waals surface area (Å²) in [6.07, 6.45) is 1.10.